The zero-order valence-corrected chi connectivity index (χ0v) is 15.7. The standard InChI is InChI=1S/C16H23NO10/c1-7(18)16(17)15(26-11(5)22)14(25-10(4)21)13(24-9(3)20)12(27-16)6-23-8(2)19/h12-15H,6,17H2,1-5H3/t12-,13+,14+,15-,16-/m1/s1. The number of hydrogen-bond donors (Lipinski definition) is 1. The molecule has 2 N–H and O–H groups in total. The second kappa shape index (κ2) is 8.91. The third-order valence-electron chi connectivity index (χ3n) is 3.66. The Morgan fingerprint density at radius 1 is 0.815 bits per heavy atom. The quantitative estimate of drug-likeness (QED) is 0.438. The van der Waals surface area contributed by atoms with E-state index in [4.69, 9.17) is 29.4 Å². The molecule has 0 bridgehead atoms. The van der Waals surface area contributed by atoms with Crippen molar-refractivity contribution in [3.8, 4) is 0 Å². The highest BCUT2D eigenvalue weighted by Gasteiger charge is 2.60. The van der Waals surface area contributed by atoms with Gasteiger partial charge in [-0.15, -0.1) is 0 Å². The van der Waals surface area contributed by atoms with E-state index in [0.717, 1.165) is 34.6 Å². The lowest BCUT2D eigenvalue weighted by Crippen LogP contribution is -2.73. The van der Waals surface area contributed by atoms with Gasteiger partial charge in [0, 0.05) is 27.7 Å². The van der Waals surface area contributed by atoms with Gasteiger partial charge in [-0.2, -0.15) is 0 Å². The van der Waals surface area contributed by atoms with Crippen molar-refractivity contribution < 1.29 is 47.7 Å². The molecule has 1 saturated heterocycles. The van der Waals surface area contributed by atoms with Crippen molar-refractivity contribution in [3.05, 3.63) is 0 Å². The molecule has 1 fully saturated rings. The molecule has 0 saturated carbocycles. The Hall–Kier alpha value is -2.53. The fraction of sp³-hybridized carbons (Fsp3) is 0.688. The fourth-order valence-corrected chi connectivity index (χ4v) is 2.61. The second-order valence-corrected chi connectivity index (χ2v) is 5.99. The molecule has 1 aliphatic rings. The van der Waals surface area contributed by atoms with Gasteiger partial charge in [0.1, 0.15) is 12.7 Å². The molecule has 0 aliphatic carbocycles. The summed E-state index contributed by atoms with van der Waals surface area (Å²) in [4.78, 5) is 57.9. The van der Waals surface area contributed by atoms with Crippen LogP contribution in [0.25, 0.3) is 0 Å². The van der Waals surface area contributed by atoms with E-state index in [1.807, 2.05) is 0 Å². The van der Waals surface area contributed by atoms with E-state index in [9.17, 15) is 24.0 Å². The van der Waals surface area contributed by atoms with Crippen LogP contribution in [0.15, 0.2) is 0 Å². The number of hydrogen-bond acceptors (Lipinski definition) is 11. The summed E-state index contributed by atoms with van der Waals surface area (Å²) in [6.07, 6.45) is -5.69. The van der Waals surface area contributed by atoms with Crippen LogP contribution in [0.3, 0.4) is 0 Å². The van der Waals surface area contributed by atoms with E-state index in [1.165, 1.54) is 0 Å². The zero-order valence-electron chi connectivity index (χ0n) is 15.7. The van der Waals surface area contributed by atoms with Gasteiger partial charge < -0.3 is 23.7 Å². The molecule has 27 heavy (non-hydrogen) atoms. The van der Waals surface area contributed by atoms with Gasteiger partial charge in [-0.1, -0.05) is 0 Å². The third kappa shape index (κ3) is 5.73. The summed E-state index contributed by atoms with van der Waals surface area (Å²) in [5.74, 6) is -3.84. The SMILES string of the molecule is CC(=O)OC[C@H]1O[C@](N)(C(C)=O)[C@H](OC(C)=O)[C@@H](OC(C)=O)[C@H]1OC(C)=O. The molecule has 0 radical (unpaired) electrons. The molecule has 11 nitrogen and oxygen atoms in total. The van der Waals surface area contributed by atoms with Crippen LogP contribution >= 0.6 is 0 Å². The number of carbonyl (C=O) groups is 5. The van der Waals surface area contributed by atoms with Gasteiger partial charge >= 0.3 is 23.9 Å². The van der Waals surface area contributed by atoms with Crippen LogP contribution in [0, 0.1) is 0 Å². The van der Waals surface area contributed by atoms with Crippen molar-refractivity contribution in [2.75, 3.05) is 6.61 Å². The third-order valence-corrected chi connectivity index (χ3v) is 3.66. The van der Waals surface area contributed by atoms with Gasteiger partial charge in [0.25, 0.3) is 0 Å². The van der Waals surface area contributed by atoms with E-state index in [-0.39, 0.29) is 0 Å². The molecule has 11 heteroatoms. The van der Waals surface area contributed by atoms with Crippen molar-refractivity contribution in [3.63, 3.8) is 0 Å². The average Bonchev–Trinajstić information content (AvgIpc) is 2.50. The van der Waals surface area contributed by atoms with Crippen LogP contribution in [0.5, 0.6) is 0 Å². The van der Waals surface area contributed by atoms with Crippen LogP contribution in [0.2, 0.25) is 0 Å². The molecular formula is C16H23NO10. The summed E-state index contributed by atoms with van der Waals surface area (Å²) in [5, 5.41) is 0. The topological polar surface area (TPSA) is 158 Å². The minimum absolute atomic E-state index is 0.454. The van der Waals surface area contributed by atoms with Gasteiger partial charge in [0.05, 0.1) is 0 Å². The van der Waals surface area contributed by atoms with E-state index in [2.05, 4.69) is 0 Å². The molecule has 0 unspecified atom stereocenters. The maximum Gasteiger partial charge on any atom is 0.303 e. The van der Waals surface area contributed by atoms with E-state index in [1.54, 1.807) is 0 Å². The van der Waals surface area contributed by atoms with Crippen LogP contribution in [-0.4, -0.2) is 66.4 Å². The smallest absolute Gasteiger partial charge is 0.303 e. The van der Waals surface area contributed by atoms with Crippen molar-refractivity contribution in [2.45, 2.75) is 64.8 Å². The van der Waals surface area contributed by atoms with Gasteiger partial charge in [-0.3, -0.25) is 29.7 Å². The molecule has 1 rings (SSSR count). The molecule has 0 amide bonds. The predicted molar refractivity (Wildman–Crippen MR) is 85.8 cm³/mol. The molecule has 0 aromatic carbocycles. The van der Waals surface area contributed by atoms with Crippen molar-refractivity contribution in [2.24, 2.45) is 5.73 Å². The molecular weight excluding hydrogens is 366 g/mol. The minimum Gasteiger partial charge on any atom is -0.463 e. The lowest BCUT2D eigenvalue weighted by molar-refractivity contribution is -0.276. The highest BCUT2D eigenvalue weighted by molar-refractivity contribution is 5.86. The minimum atomic E-state index is -2.23. The number of Topliss-reactive ketones (excluding diaryl/α,β-unsaturated/α-hetero) is 1. The zero-order chi connectivity index (χ0) is 20.9. The molecule has 0 aromatic heterocycles. The Bertz CT molecular complexity index is 633. The summed E-state index contributed by atoms with van der Waals surface area (Å²) in [6.45, 7) is 4.97. The first-order valence-electron chi connectivity index (χ1n) is 8.01. The van der Waals surface area contributed by atoms with Crippen LogP contribution in [-0.2, 0) is 47.7 Å². The highest BCUT2D eigenvalue weighted by atomic mass is 16.7. The van der Waals surface area contributed by atoms with Gasteiger partial charge in [-0.05, 0) is 6.92 Å². The number of carbonyl (C=O) groups excluding carboxylic acids is 5. The first kappa shape index (κ1) is 22.5. The first-order valence-corrected chi connectivity index (χ1v) is 8.01. The number of ether oxygens (including phenoxy) is 5. The fourth-order valence-electron chi connectivity index (χ4n) is 2.61. The average molecular weight is 389 g/mol. The number of esters is 4. The number of ketones is 1. The summed E-state index contributed by atoms with van der Waals surface area (Å²) < 4.78 is 25.8. The molecule has 152 valence electrons. The second-order valence-electron chi connectivity index (χ2n) is 5.99. The Kier molecular flexibility index (Phi) is 7.43. The predicted octanol–water partition coefficient (Wildman–Crippen LogP) is -1.01. The van der Waals surface area contributed by atoms with E-state index >= 15 is 0 Å². The number of nitrogens with two attached hydrogens (primary N) is 1. The van der Waals surface area contributed by atoms with E-state index < -0.39 is 66.4 Å². The molecule has 5 atom stereocenters. The largest absolute Gasteiger partial charge is 0.463 e. The Morgan fingerprint density at radius 3 is 1.70 bits per heavy atom. The first-order chi connectivity index (χ1) is 12.4. The normalized spacial score (nSPS) is 30.0. The number of rotatable bonds is 6. The van der Waals surface area contributed by atoms with Crippen molar-refractivity contribution in [1.29, 1.82) is 0 Å². The Morgan fingerprint density at radius 2 is 1.30 bits per heavy atom. The maximum atomic E-state index is 12.2. The molecule has 1 heterocycles. The van der Waals surface area contributed by atoms with Gasteiger partial charge in [0.2, 0.25) is 5.72 Å². The van der Waals surface area contributed by atoms with Crippen LogP contribution < -0.4 is 5.73 Å². The van der Waals surface area contributed by atoms with E-state index in [0.29, 0.717) is 0 Å². The Balaban J connectivity index is 3.43. The maximum absolute atomic E-state index is 12.2. The molecule has 0 aromatic rings. The van der Waals surface area contributed by atoms with Gasteiger partial charge in [-0.25, -0.2) is 0 Å². The lowest BCUT2D eigenvalue weighted by Gasteiger charge is -2.48. The summed E-state index contributed by atoms with van der Waals surface area (Å²) in [7, 11) is 0. The molecule has 0 spiro atoms. The highest BCUT2D eigenvalue weighted by Crippen LogP contribution is 2.33. The Labute approximate surface area is 155 Å². The van der Waals surface area contributed by atoms with Gasteiger partial charge in [0.15, 0.2) is 24.1 Å². The molecule has 1 aliphatic heterocycles. The summed E-state index contributed by atoms with van der Waals surface area (Å²) in [5.41, 5.74) is 3.80. The summed E-state index contributed by atoms with van der Waals surface area (Å²) in [6, 6.07) is 0. The van der Waals surface area contributed by atoms with Crippen LogP contribution in [0.4, 0.5) is 0 Å². The lowest BCUT2D eigenvalue weighted by atomic mass is 9.88. The van der Waals surface area contributed by atoms with Crippen LogP contribution in [0.1, 0.15) is 34.6 Å². The van der Waals surface area contributed by atoms with Crippen molar-refractivity contribution in [1.82, 2.24) is 0 Å². The van der Waals surface area contributed by atoms with Crippen molar-refractivity contribution >= 4 is 29.7 Å². The monoisotopic (exact) mass is 389 g/mol. The summed E-state index contributed by atoms with van der Waals surface area (Å²) >= 11 is 0.